The summed E-state index contributed by atoms with van der Waals surface area (Å²) in [6, 6.07) is 0. The molecule has 6 nitrogen and oxygen atoms in total. The van der Waals surface area contributed by atoms with E-state index in [0.29, 0.717) is 0 Å². The molecule has 15 heavy (non-hydrogen) atoms. The summed E-state index contributed by atoms with van der Waals surface area (Å²) in [7, 11) is 0. The van der Waals surface area contributed by atoms with Gasteiger partial charge >= 0.3 is 5.82 Å². The first-order valence-corrected chi connectivity index (χ1v) is 5.10. The van der Waals surface area contributed by atoms with Gasteiger partial charge in [0.15, 0.2) is 0 Å². The molecular formula is C9H14N4O2. The Morgan fingerprint density at radius 1 is 1.53 bits per heavy atom. The van der Waals surface area contributed by atoms with Gasteiger partial charge in [0.1, 0.15) is 6.20 Å². The normalized spacial score (nSPS) is 19.3. The van der Waals surface area contributed by atoms with Gasteiger partial charge in [0.2, 0.25) is 6.33 Å². The predicted octanol–water partition coefficient (Wildman–Crippen LogP) is 1.41. The summed E-state index contributed by atoms with van der Waals surface area (Å²) in [4.78, 5) is 16.1. The monoisotopic (exact) mass is 210 g/mol. The average Bonchev–Trinajstić information content (AvgIpc) is 2.88. The minimum Gasteiger partial charge on any atom is -0.358 e. The van der Waals surface area contributed by atoms with Crippen molar-refractivity contribution < 1.29 is 4.92 Å². The average molecular weight is 210 g/mol. The van der Waals surface area contributed by atoms with E-state index in [2.05, 4.69) is 9.88 Å². The van der Waals surface area contributed by atoms with E-state index in [0.717, 1.165) is 13.1 Å². The van der Waals surface area contributed by atoms with E-state index in [1.54, 1.807) is 4.57 Å². The number of likely N-dealkylation sites (tertiary alicyclic amines) is 1. The van der Waals surface area contributed by atoms with Gasteiger partial charge in [-0.05, 0) is 29.7 Å². The van der Waals surface area contributed by atoms with E-state index in [9.17, 15) is 10.1 Å². The maximum absolute atomic E-state index is 10.5. The van der Waals surface area contributed by atoms with E-state index in [1.165, 1.54) is 25.4 Å². The molecule has 1 unspecified atom stereocenters. The highest BCUT2D eigenvalue weighted by molar-refractivity contribution is 5.12. The number of hydrogen-bond donors (Lipinski definition) is 0. The standard InChI is InChI=1S/C9H14N4O2/c1-8(11-4-2-3-5-11)12-6-9(10-7-12)13(14)15/h6-8H,2-5H2,1H3. The second kappa shape index (κ2) is 3.98. The van der Waals surface area contributed by atoms with Gasteiger partial charge in [0.05, 0.1) is 6.17 Å². The van der Waals surface area contributed by atoms with Crippen LogP contribution in [0.2, 0.25) is 0 Å². The van der Waals surface area contributed by atoms with Crippen molar-refractivity contribution in [3.63, 3.8) is 0 Å². The van der Waals surface area contributed by atoms with Crippen LogP contribution in [0.5, 0.6) is 0 Å². The van der Waals surface area contributed by atoms with Gasteiger partial charge in [0, 0.05) is 13.1 Å². The van der Waals surface area contributed by atoms with Gasteiger partial charge in [-0.2, -0.15) is 0 Å². The van der Waals surface area contributed by atoms with Crippen LogP contribution in [0.4, 0.5) is 5.82 Å². The van der Waals surface area contributed by atoms with Crippen LogP contribution in [0.1, 0.15) is 25.9 Å². The molecule has 2 heterocycles. The van der Waals surface area contributed by atoms with Crippen molar-refractivity contribution >= 4 is 5.82 Å². The zero-order valence-electron chi connectivity index (χ0n) is 8.67. The van der Waals surface area contributed by atoms with Gasteiger partial charge < -0.3 is 10.1 Å². The summed E-state index contributed by atoms with van der Waals surface area (Å²) >= 11 is 0. The molecule has 2 rings (SSSR count). The van der Waals surface area contributed by atoms with Gasteiger partial charge in [-0.15, -0.1) is 0 Å². The number of nitro groups is 1. The number of imidazole rings is 1. The third-order valence-electron chi connectivity index (χ3n) is 2.88. The highest BCUT2D eigenvalue weighted by Crippen LogP contribution is 2.20. The van der Waals surface area contributed by atoms with Crippen molar-refractivity contribution in [2.24, 2.45) is 0 Å². The summed E-state index contributed by atoms with van der Waals surface area (Å²) in [6.45, 7) is 4.16. The van der Waals surface area contributed by atoms with Gasteiger partial charge in [-0.1, -0.05) is 0 Å². The molecule has 0 N–H and O–H groups in total. The third kappa shape index (κ3) is 1.99. The van der Waals surface area contributed by atoms with Crippen molar-refractivity contribution in [2.75, 3.05) is 13.1 Å². The third-order valence-corrected chi connectivity index (χ3v) is 2.88. The van der Waals surface area contributed by atoms with E-state index in [4.69, 9.17) is 0 Å². The molecule has 0 bridgehead atoms. The zero-order chi connectivity index (χ0) is 10.8. The molecule has 1 aromatic rings. The van der Waals surface area contributed by atoms with Crippen molar-refractivity contribution in [3.05, 3.63) is 22.6 Å². The topological polar surface area (TPSA) is 64.2 Å². The Balaban J connectivity index is 2.10. The zero-order valence-corrected chi connectivity index (χ0v) is 8.67. The fourth-order valence-corrected chi connectivity index (χ4v) is 1.93. The fourth-order valence-electron chi connectivity index (χ4n) is 1.93. The van der Waals surface area contributed by atoms with E-state index in [1.807, 2.05) is 6.92 Å². The maximum Gasteiger partial charge on any atom is 0.381 e. The first-order chi connectivity index (χ1) is 7.18. The van der Waals surface area contributed by atoms with Gasteiger partial charge in [0.25, 0.3) is 0 Å². The Morgan fingerprint density at radius 2 is 2.20 bits per heavy atom. The molecule has 6 heteroatoms. The molecule has 1 aromatic heterocycles. The van der Waals surface area contributed by atoms with Crippen LogP contribution in [0.3, 0.4) is 0 Å². The molecule has 1 saturated heterocycles. The van der Waals surface area contributed by atoms with Crippen molar-refractivity contribution in [2.45, 2.75) is 25.9 Å². The van der Waals surface area contributed by atoms with E-state index in [-0.39, 0.29) is 12.0 Å². The minimum absolute atomic E-state index is 0.0824. The number of aromatic nitrogens is 2. The highest BCUT2D eigenvalue weighted by atomic mass is 16.6. The minimum atomic E-state index is -0.465. The van der Waals surface area contributed by atoms with Crippen LogP contribution in [0, 0.1) is 10.1 Å². The number of rotatable bonds is 3. The molecule has 1 aliphatic heterocycles. The lowest BCUT2D eigenvalue weighted by Gasteiger charge is -2.23. The van der Waals surface area contributed by atoms with Gasteiger partial charge in [-0.25, -0.2) is 0 Å². The molecule has 0 aromatic carbocycles. The van der Waals surface area contributed by atoms with Crippen LogP contribution < -0.4 is 0 Å². The van der Waals surface area contributed by atoms with Crippen molar-refractivity contribution in [1.82, 2.24) is 14.5 Å². The van der Waals surface area contributed by atoms with E-state index < -0.39 is 4.92 Å². The lowest BCUT2D eigenvalue weighted by molar-refractivity contribution is -0.389. The fraction of sp³-hybridized carbons (Fsp3) is 0.667. The Bertz CT molecular complexity index is 357. The second-order valence-corrected chi connectivity index (χ2v) is 3.81. The van der Waals surface area contributed by atoms with Crippen LogP contribution in [0.15, 0.2) is 12.5 Å². The lowest BCUT2D eigenvalue weighted by Crippen LogP contribution is -2.27. The highest BCUT2D eigenvalue weighted by Gasteiger charge is 2.21. The summed E-state index contributed by atoms with van der Waals surface area (Å²) in [6.07, 6.45) is 5.60. The number of hydrogen-bond acceptors (Lipinski definition) is 4. The largest absolute Gasteiger partial charge is 0.381 e. The molecule has 82 valence electrons. The van der Waals surface area contributed by atoms with Crippen molar-refractivity contribution in [3.8, 4) is 0 Å². The Hall–Kier alpha value is -1.43. The lowest BCUT2D eigenvalue weighted by atomic mass is 10.4. The Labute approximate surface area is 87.7 Å². The molecular weight excluding hydrogens is 196 g/mol. The molecule has 0 saturated carbocycles. The molecule has 0 spiro atoms. The SMILES string of the molecule is CC(N1CCCC1)n1cnc([N+](=O)[O-])c1. The molecule has 0 radical (unpaired) electrons. The van der Waals surface area contributed by atoms with Crippen LogP contribution in [0.25, 0.3) is 0 Å². The maximum atomic E-state index is 10.5. The Kier molecular flexibility index (Phi) is 2.68. The van der Waals surface area contributed by atoms with Crippen molar-refractivity contribution in [1.29, 1.82) is 0 Å². The van der Waals surface area contributed by atoms with Gasteiger partial charge in [-0.3, -0.25) is 9.47 Å². The molecule has 0 aliphatic carbocycles. The summed E-state index contributed by atoms with van der Waals surface area (Å²) < 4.78 is 1.80. The summed E-state index contributed by atoms with van der Waals surface area (Å²) in [5.74, 6) is -0.0824. The quantitative estimate of drug-likeness (QED) is 0.559. The molecule has 1 aliphatic rings. The molecule has 0 amide bonds. The van der Waals surface area contributed by atoms with Crippen LogP contribution >= 0.6 is 0 Å². The smallest absolute Gasteiger partial charge is 0.358 e. The molecule has 1 fully saturated rings. The van der Waals surface area contributed by atoms with E-state index >= 15 is 0 Å². The number of nitrogens with zero attached hydrogens (tertiary/aromatic N) is 4. The summed E-state index contributed by atoms with van der Waals surface area (Å²) in [5, 5.41) is 10.5. The Morgan fingerprint density at radius 3 is 2.73 bits per heavy atom. The second-order valence-electron chi connectivity index (χ2n) is 3.81. The first kappa shape index (κ1) is 10.1. The van der Waals surface area contributed by atoms with Crippen LogP contribution in [-0.2, 0) is 0 Å². The predicted molar refractivity (Wildman–Crippen MR) is 54.4 cm³/mol. The van der Waals surface area contributed by atoms with Crippen LogP contribution in [-0.4, -0.2) is 32.5 Å². The molecule has 1 atom stereocenters. The first-order valence-electron chi connectivity index (χ1n) is 5.10. The summed E-state index contributed by atoms with van der Waals surface area (Å²) in [5.41, 5.74) is 0.